The maximum atomic E-state index is 12.3. The SMILES string of the molecule is NCC(O)c1cccc(S(=O)(=O)C(F)(F)F)c1. The molecule has 1 aromatic rings. The Morgan fingerprint density at radius 3 is 2.41 bits per heavy atom. The van der Waals surface area contributed by atoms with Crippen LogP contribution in [0.25, 0.3) is 0 Å². The van der Waals surface area contributed by atoms with E-state index >= 15 is 0 Å². The van der Waals surface area contributed by atoms with Crippen molar-refractivity contribution in [3.8, 4) is 0 Å². The maximum Gasteiger partial charge on any atom is 0.501 e. The van der Waals surface area contributed by atoms with Crippen LogP contribution < -0.4 is 5.73 Å². The molecule has 0 radical (unpaired) electrons. The zero-order chi connectivity index (χ0) is 13.3. The Hall–Kier alpha value is -1.12. The van der Waals surface area contributed by atoms with Gasteiger partial charge in [-0.05, 0) is 17.7 Å². The van der Waals surface area contributed by atoms with E-state index in [1.165, 1.54) is 6.07 Å². The lowest BCUT2D eigenvalue weighted by Gasteiger charge is -2.11. The molecule has 17 heavy (non-hydrogen) atoms. The van der Waals surface area contributed by atoms with Crippen molar-refractivity contribution in [2.24, 2.45) is 5.73 Å². The molecule has 8 heteroatoms. The molecule has 1 rings (SSSR count). The summed E-state index contributed by atoms with van der Waals surface area (Å²) in [5.74, 6) is 0. The van der Waals surface area contributed by atoms with Gasteiger partial charge in [0, 0.05) is 6.54 Å². The maximum absolute atomic E-state index is 12.3. The monoisotopic (exact) mass is 269 g/mol. The molecule has 0 saturated carbocycles. The highest BCUT2D eigenvalue weighted by Gasteiger charge is 2.46. The molecule has 1 aromatic carbocycles. The molecule has 3 N–H and O–H groups in total. The Morgan fingerprint density at radius 1 is 1.35 bits per heavy atom. The lowest BCUT2D eigenvalue weighted by atomic mass is 10.1. The van der Waals surface area contributed by atoms with Gasteiger partial charge in [0.25, 0.3) is 9.84 Å². The van der Waals surface area contributed by atoms with Gasteiger partial charge in [0.1, 0.15) is 0 Å². The van der Waals surface area contributed by atoms with Gasteiger partial charge >= 0.3 is 5.51 Å². The largest absolute Gasteiger partial charge is 0.501 e. The van der Waals surface area contributed by atoms with Gasteiger partial charge in [-0.15, -0.1) is 0 Å². The molecule has 0 aliphatic rings. The summed E-state index contributed by atoms with van der Waals surface area (Å²) in [5, 5.41) is 9.32. The third kappa shape index (κ3) is 2.76. The van der Waals surface area contributed by atoms with Crippen molar-refractivity contribution in [3.63, 3.8) is 0 Å². The minimum absolute atomic E-state index is 0.0258. The third-order valence-electron chi connectivity index (χ3n) is 2.08. The number of benzene rings is 1. The summed E-state index contributed by atoms with van der Waals surface area (Å²) >= 11 is 0. The summed E-state index contributed by atoms with van der Waals surface area (Å²) in [7, 11) is -5.39. The predicted octanol–water partition coefficient (Wildman–Crippen LogP) is 0.972. The molecule has 0 aliphatic carbocycles. The molecular weight excluding hydrogens is 259 g/mol. The van der Waals surface area contributed by atoms with E-state index in [0.717, 1.165) is 18.2 Å². The van der Waals surface area contributed by atoms with E-state index < -0.39 is 26.3 Å². The summed E-state index contributed by atoms with van der Waals surface area (Å²) in [6.07, 6.45) is -1.20. The second-order valence-corrected chi connectivity index (χ2v) is 5.21. The number of nitrogens with two attached hydrogens (primary N) is 1. The van der Waals surface area contributed by atoms with E-state index in [4.69, 9.17) is 5.73 Å². The Labute approximate surface area is 95.8 Å². The molecular formula is C9H10F3NO3S. The van der Waals surface area contributed by atoms with Crippen molar-refractivity contribution in [2.45, 2.75) is 16.5 Å². The fourth-order valence-electron chi connectivity index (χ4n) is 1.16. The molecule has 0 fully saturated rings. The molecule has 0 amide bonds. The average molecular weight is 269 g/mol. The van der Waals surface area contributed by atoms with Crippen LogP contribution in [0.4, 0.5) is 13.2 Å². The van der Waals surface area contributed by atoms with Crippen LogP contribution in [0, 0.1) is 0 Å². The molecule has 0 heterocycles. The van der Waals surface area contributed by atoms with E-state index in [-0.39, 0.29) is 12.1 Å². The molecule has 1 atom stereocenters. The molecule has 4 nitrogen and oxygen atoms in total. The van der Waals surface area contributed by atoms with E-state index in [2.05, 4.69) is 0 Å². The van der Waals surface area contributed by atoms with Gasteiger partial charge in [0.2, 0.25) is 0 Å². The van der Waals surface area contributed by atoms with E-state index in [1.807, 2.05) is 0 Å². The molecule has 96 valence electrons. The Balaban J connectivity index is 3.26. The fraction of sp³-hybridized carbons (Fsp3) is 0.333. The van der Waals surface area contributed by atoms with Gasteiger partial charge in [-0.2, -0.15) is 13.2 Å². The number of alkyl halides is 3. The highest BCUT2D eigenvalue weighted by molar-refractivity contribution is 7.92. The Kier molecular flexibility index (Phi) is 3.80. The van der Waals surface area contributed by atoms with Gasteiger partial charge in [-0.1, -0.05) is 12.1 Å². The zero-order valence-corrected chi connectivity index (χ0v) is 9.29. The second-order valence-electron chi connectivity index (χ2n) is 3.27. The summed E-state index contributed by atoms with van der Waals surface area (Å²) in [5.41, 5.74) is -0.209. The smallest absolute Gasteiger partial charge is 0.387 e. The number of rotatable bonds is 3. The minimum Gasteiger partial charge on any atom is -0.387 e. The number of aliphatic hydroxyl groups excluding tert-OH is 1. The van der Waals surface area contributed by atoms with Crippen LogP contribution in [0.5, 0.6) is 0 Å². The normalized spacial score (nSPS) is 14.6. The number of sulfone groups is 1. The van der Waals surface area contributed by atoms with Gasteiger partial charge in [-0.25, -0.2) is 8.42 Å². The topological polar surface area (TPSA) is 80.4 Å². The number of hydrogen-bond acceptors (Lipinski definition) is 4. The fourth-order valence-corrected chi connectivity index (χ4v) is 1.97. The molecule has 1 unspecified atom stereocenters. The lowest BCUT2D eigenvalue weighted by Crippen LogP contribution is -2.23. The van der Waals surface area contributed by atoms with Gasteiger partial charge in [0.15, 0.2) is 0 Å². The highest BCUT2D eigenvalue weighted by atomic mass is 32.2. The predicted molar refractivity (Wildman–Crippen MR) is 53.7 cm³/mol. The molecule has 0 aromatic heterocycles. The van der Waals surface area contributed by atoms with Crippen LogP contribution in [0.2, 0.25) is 0 Å². The van der Waals surface area contributed by atoms with Crippen molar-refractivity contribution >= 4 is 9.84 Å². The lowest BCUT2D eigenvalue weighted by molar-refractivity contribution is -0.0436. The van der Waals surface area contributed by atoms with Crippen molar-refractivity contribution in [2.75, 3.05) is 6.54 Å². The molecule has 0 spiro atoms. The van der Waals surface area contributed by atoms with Crippen LogP contribution in [0.3, 0.4) is 0 Å². The van der Waals surface area contributed by atoms with Gasteiger partial charge in [-0.3, -0.25) is 0 Å². The first-order valence-electron chi connectivity index (χ1n) is 4.49. The molecule has 0 aliphatic heterocycles. The van der Waals surface area contributed by atoms with E-state index in [0.29, 0.717) is 0 Å². The van der Waals surface area contributed by atoms with Gasteiger partial charge in [0.05, 0.1) is 11.0 Å². The summed E-state index contributed by atoms with van der Waals surface area (Å²) in [4.78, 5) is -0.907. The third-order valence-corrected chi connectivity index (χ3v) is 3.57. The summed E-state index contributed by atoms with van der Waals surface area (Å²) < 4.78 is 58.9. The van der Waals surface area contributed by atoms with E-state index in [9.17, 15) is 26.7 Å². The van der Waals surface area contributed by atoms with Crippen LogP contribution in [-0.2, 0) is 9.84 Å². The first-order chi connectivity index (χ1) is 7.70. The summed E-state index contributed by atoms with van der Waals surface area (Å²) in [6.45, 7) is -0.213. The number of halogens is 3. The van der Waals surface area contributed by atoms with Crippen molar-refractivity contribution in [3.05, 3.63) is 29.8 Å². The highest BCUT2D eigenvalue weighted by Crippen LogP contribution is 2.31. The first-order valence-corrected chi connectivity index (χ1v) is 5.98. The van der Waals surface area contributed by atoms with Crippen LogP contribution in [0.1, 0.15) is 11.7 Å². The molecule has 0 saturated heterocycles. The van der Waals surface area contributed by atoms with E-state index in [1.54, 1.807) is 0 Å². The van der Waals surface area contributed by atoms with Crippen molar-refractivity contribution in [1.82, 2.24) is 0 Å². The van der Waals surface area contributed by atoms with Gasteiger partial charge < -0.3 is 10.8 Å². The zero-order valence-electron chi connectivity index (χ0n) is 8.48. The first kappa shape index (κ1) is 13.9. The Morgan fingerprint density at radius 2 is 1.94 bits per heavy atom. The van der Waals surface area contributed by atoms with Crippen molar-refractivity contribution < 1.29 is 26.7 Å². The average Bonchev–Trinajstić information content (AvgIpc) is 2.26. The number of hydrogen-bond donors (Lipinski definition) is 2. The van der Waals surface area contributed by atoms with Crippen LogP contribution in [0.15, 0.2) is 29.2 Å². The van der Waals surface area contributed by atoms with Crippen LogP contribution in [-0.4, -0.2) is 25.6 Å². The summed E-state index contributed by atoms with van der Waals surface area (Å²) in [6, 6.07) is 4.00. The quantitative estimate of drug-likeness (QED) is 0.857. The Bertz CT molecular complexity index is 498. The van der Waals surface area contributed by atoms with Crippen LogP contribution >= 0.6 is 0 Å². The number of aliphatic hydroxyl groups is 1. The van der Waals surface area contributed by atoms with Crippen molar-refractivity contribution in [1.29, 1.82) is 0 Å². The second kappa shape index (κ2) is 4.63. The minimum atomic E-state index is -5.39. The standard InChI is InChI=1S/C9H10F3NO3S/c10-9(11,12)17(15,16)7-3-1-2-6(4-7)8(14)5-13/h1-4,8,14H,5,13H2. The molecule has 0 bridgehead atoms.